The van der Waals surface area contributed by atoms with Gasteiger partial charge in [-0.15, -0.1) is 0 Å². The van der Waals surface area contributed by atoms with E-state index in [1.54, 1.807) is 12.1 Å². The monoisotopic (exact) mass is 426 g/mol. The lowest BCUT2D eigenvalue weighted by atomic mass is 10.1. The van der Waals surface area contributed by atoms with E-state index in [0.29, 0.717) is 8.95 Å². The third-order valence-corrected chi connectivity index (χ3v) is 6.46. The number of rotatable bonds is 4. The van der Waals surface area contributed by atoms with E-state index in [-0.39, 0.29) is 29.1 Å². The fourth-order valence-electron chi connectivity index (χ4n) is 2.53. The minimum atomic E-state index is -3.72. The van der Waals surface area contributed by atoms with Crippen molar-refractivity contribution in [3.8, 4) is 0 Å². The quantitative estimate of drug-likeness (QED) is 0.642. The van der Waals surface area contributed by atoms with Gasteiger partial charge in [-0.1, -0.05) is 22.4 Å². The van der Waals surface area contributed by atoms with Gasteiger partial charge >= 0.3 is 0 Å². The first-order chi connectivity index (χ1) is 9.35. The molecule has 1 aromatic carbocycles. The molecule has 0 aromatic heterocycles. The SMILES string of the molecule is Nc1cc(Br)cc(Br)c1S(=O)(=O)NC1CCCC1CO. The molecule has 2 rings (SSSR count). The molecule has 1 aliphatic rings. The molecule has 0 aliphatic heterocycles. The lowest BCUT2D eigenvalue weighted by molar-refractivity contribution is 0.213. The molecule has 0 saturated heterocycles. The first-order valence-corrected chi connectivity index (χ1v) is 9.30. The first kappa shape index (κ1) is 16.2. The normalized spacial score (nSPS) is 23.1. The Morgan fingerprint density at radius 3 is 2.65 bits per heavy atom. The Morgan fingerprint density at radius 2 is 2.05 bits per heavy atom. The lowest BCUT2D eigenvalue weighted by Crippen LogP contribution is -2.38. The molecule has 1 aliphatic carbocycles. The maximum Gasteiger partial charge on any atom is 0.244 e. The molecule has 0 radical (unpaired) electrons. The summed E-state index contributed by atoms with van der Waals surface area (Å²) in [5.41, 5.74) is 6.00. The number of aliphatic hydroxyl groups excluding tert-OH is 1. The van der Waals surface area contributed by atoms with Crippen LogP contribution in [0.5, 0.6) is 0 Å². The van der Waals surface area contributed by atoms with Crippen molar-refractivity contribution in [2.24, 2.45) is 5.92 Å². The summed E-state index contributed by atoms with van der Waals surface area (Å²) in [6.07, 6.45) is 2.48. The molecular weight excluding hydrogens is 412 g/mol. The maximum absolute atomic E-state index is 12.5. The highest BCUT2D eigenvalue weighted by Crippen LogP contribution is 2.33. The van der Waals surface area contributed by atoms with Gasteiger partial charge < -0.3 is 10.8 Å². The summed E-state index contributed by atoms with van der Waals surface area (Å²) in [7, 11) is -3.72. The number of hydrogen-bond acceptors (Lipinski definition) is 4. The van der Waals surface area contributed by atoms with Gasteiger partial charge in [0.15, 0.2) is 0 Å². The second-order valence-electron chi connectivity index (χ2n) is 4.91. The minimum absolute atomic E-state index is 0.00975. The Morgan fingerprint density at radius 1 is 1.35 bits per heavy atom. The van der Waals surface area contributed by atoms with Crippen LogP contribution in [0.25, 0.3) is 0 Å². The average Bonchev–Trinajstić information content (AvgIpc) is 2.73. The van der Waals surface area contributed by atoms with Crippen LogP contribution in [0.4, 0.5) is 5.69 Å². The first-order valence-electron chi connectivity index (χ1n) is 6.23. The Kier molecular flexibility index (Phi) is 5.12. The maximum atomic E-state index is 12.5. The van der Waals surface area contributed by atoms with Crippen molar-refractivity contribution >= 4 is 47.6 Å². The summed E-state index contributed by atoms with van der Waals surface area (Å²) in [6, 6.07) is 2.96. The van der Waals surface area contributed by atoms with Gasteiger partial charge in [0.25, 0.3) is 0 Å². The molecule has 2 unspecified atom stereocenters. The van der Waals surface area contributed by atoms with Crippen molar-refractivity contribution < 1.29 is 13.5 Å². The average molecular weight is 428 g/mol. The second-order valence-corrected chi connectivity index (χ2v) is 8.33. The van der Waals surface area contributed by atoms with E-state index in [9.17, 15) is 13.5 Å². The molecule has 8 heteroatoms. The second kappa shape index (κ2) is 6.31. The topological polar surface area (TPSA) is 92.4 Å². The molecule has 5 nitrogen and oxygen atoms in total. The van der Waals surface area contributed by atoms with E-state index < -0.39 is 10.0 Å². The largest absolute Gasteiger partial charge is 0.398 e. The number of halogens is 2. The molecule has 1 saturated carbocycles. The molecule has 20 heavy (non-hydrogen) atoms. The van der Waals surface area contributed by atoms with E-state index in [2.05, 4.69) is 36.6 Å². The van der Waals surface area contributed by atoms with Crippen molar-refractivity contribution in [1.82, 2.24) is 4.72 Å². The van der Waals surface area contributed by atoms with Gasteiger partial charge in [0, 0.05) is 21.6 Å². The Hall–Kier alpha value is -0.150. The molecule has 0 bridgehead atoms. The molecule has 2 atom stereocenters. The number of aliphatic hydroxyl groups is 1. The van der Waals surface area contributed by atoms with E-state index in [1.165, 1.54) is 0 Å². The number of sulfonamides is 1. The van der Waals surface area contributed by atoms with Crippen LogP contribution in [0.15, 0.2) is 26.0 Å². The van der Waals surface area contributed by atoms with Crippen LogP contribution in [-0.2, 0) is 10.0 Å². The van der Waals surface area contributed by atoms with Crippen molar-refractivity contribution in [3.05, 3.63) is 21.1 Å². The number of benzene rings is 1. The van der Waals surface area contributed by atoms with E-state index in [4.69, 9.17) is 5.73 Å². The summed E-state index contributed by atoms with van der Waals surface area (Å²) in [5.74, 6) is -0.0276. The van der Waals surface area contributed by atoms with E-state index in [1.807, 2.05) is 0 Å². The summed E-state index contributed by atoms with van der Waals surface area (Å²) in [5, 5.41) is 9.27. The smallest absolute Gasteiger partial charge is 0.244 e. The van der Waals surface area contributed by atoms with Crippen LogP contribution in [-0.4, -0.2) is 26.2 Å². The number of nitrogens with two attached hydrogens (primary N) is 1. The van der Waals surface area contributed by atoms with Crippen molar-refractivity contribution in [2.75, 3.05) is 12.3 Å². The van der Waals surface area contributed by atoms with Crippen LogP contribution >= 0.6 is 31.9 Å². The van der Waals surface area contributed by atoms with Gasteiger partial charge in [-0.25, -0.2) is 13.1 Å². The van der Waals surface area contributed by atoms with Gasteiger partial charge in [-0.2, -0.15) is 0 Å². The third kappa shape index (κ3) is 3.36. The molecule has 1 aromatic rings. The Labute approximate surface area is 135 Å². The fraction of sp³-hybridized carbons (Fsp3) is 0.500. The van der Waals surface area contributed by atoms with Crippen LogP contribution in [0.3, 0.4) is 0 Å². The molecule has 4 N–H and O–H groups in total. The number of anilines is 1. The summed E-state index contributed by atoms with van der Waals surface area (Å²) in [6.45, 7) is -0.00975. The zero-order valence-corrected chi connectivity index (χ0v) is 14.6. The van der Waals surface area contributed by atoms with E-state index in [0.717, 1.165) is 19.3 Å². The highest BCUT2D eigenvalue weighted by atomic mass is 79.9. The van der Waals surface area contributed by atoms with Gasteiger partial charge in [-0.3, -0.25) is 0 Å². The van der Waals surface area contributed by atoms with E-state index >= 15 is 0 Å². The zero-order chi connectivity index (χ0) is 14.9. The predicted octanol–water partition coefficient (Wildman–Crippen LogP) is 2.23. The lowest BCUT2D eigenvalue weighted by Gasteiger charge is -2.20. The Bertz CT molecular complexity index is 584. The molecule has 0 spiro atoms. The standard InChI is InChI=1S/C12H16Br2N2O3S/c13-8-4-9(14)12(10(15)5-8)20(18,19)16-11-3-1-2-7(11)6-17/h4-5,7,11,16-17H,1-3,6,15H2. The number of hydrogen-bond donors (Lipinski definition) is 3. The highest BCUT2D eigenvalue weighted by molar-refractivity contribution is 9.11. The summed E-state index contributed by atoms with van der Waals surface area (Å²) in [4.78, 5) is 0.0456. The molecular formula is C12H16Br2N2O3S. The number of nitrogen functional groups attached to an aromatic ring is 1. The van der Waals surface area contributed by atoms with Gasteiger partial charge in [-0.05, 0) is 46.8 Å². The van der Waals surface area contributed by atoms with Crippen molar-refractivity contribution in [2.45, 2.75) is 30.2 Å². The zero-order valence-electron chi connectivity index (χ0n) is 10.6. The van der Waals surface area contributed by atoms with Crippen molar-refractivity contribution in [1.29, 1.82) is 0 Å². The minimum Gasteiger partial charge on any atom is -0.398 e. The molecule has 112 valence electrons. The number of nitrogens with one attached hydrogen (secondary N) is 1. The summed E-state index contributed by atoms with van der Waals surface area (Å²) < 4.78 is 28.7. The Balaban J connectivity index is 2.32. The van der Waals surface area contributed by atoms with Crippen LogP contribution < -0.4 is 10.5 Å². The molecule has 0 amide bonds. The summed E-state index contributed by atoms with van der Waals surface area (Å²) >= 11 is 6.50. The fourth-order valence-corrected chi connectivity index (χ4v) is 5.94. The van der Waals surface area contributed by atoms with Crippen molar-refractivity contribution in [3.63, 3.8) is 0 Å². The van der Waals surface area contributed by atoms with Crippen LogP contribution in [0.2, 0.25) is 0 Å². The molecule has 0 heterocycles. The van der Waals surface area contributed by atoms with Crippen LogP contribution in [0.1, 0.15) is 19.3 Å². The highest BCUT2D eigenvalue weighted by Gasteiger charge is 2.32. The molecule has 1 fully saturated rings. The van der Waals surface area contributed by atoms with Crippen LogP contribution in [0, 0.1) is 5.92 Å². The van der Waals surface area contributed by atoms with Gasteiger partial charge in [0.05, 0.1) is 5.69 Å². The predicted molar refractivity (Wildman–Crippen MR) is 84.8 cm³/mol. The van der Waals surface area contributed by atoms with Gasteiger partial charge in [0.1, 0.15) is 4.90 Å². The van der Waals surface area contributed by atoms with Gasteiger partial charge in [0.2, 0.25) is 10.0 Å². The third-order valence-electron chi connectivity index (χ3n) is 3.51.